The lowest BCUT2D eigenvalue weighted by Crippen LogP contribution is -2.33. The molecule has 0 bridgehead atoms. The number of aryl methyl sites for hydroxylation is 2. The van der Waals surface area contributed by atoms with Crippen molar-refractivity contribution >= 4 is 11.7 Å². The molecule has 0 unspecified atom stereocenters. The zero-order chi connectivity index (χ0) is 19.9. The fourth-order valence-corrected chi connectivity index (χ4v) is 3.97. The van der Waals surface area contributed by atoms with E-state index >= 15 is 0 Å². The average Bonchev–Trinajstić information content (AvgIpc) is 3.12. The van der Waals surface area contributed by atoms with Gasteiger partial charge in [-0.3, -0.25) is 0 Å². The van der Waals surface area contributed by atoms with Crippen molar-refractivity contribution in [2.45, 2.75) is 26.2 Å². The SMILES string of the molecule is COc1ccc(C)cc1NC(=O)N1C[C@@H](CCCc2ccccc2)[C@@H](CO)C1. The number of anilines is 1. The van der Waals surface area contributed by atoms with Gasteiger partial charge in [0, 0.05) is 25.6 Å². The summed E-state index contributed by atoms with van der Waals surface area (Å²) in [6.07, 6.45) is 3.10. The second-order valence-corrected chi connectivity index (χ2v) is 7.62. The molecule has 1 aliphatic heterocycles. The summed E-state index contributed by atoms with van der Waals surface area (Å²) < 4.78 is 5.35. The number of aliphatic hydroxyl groups is 1. The highest BCUT2D eigenvalue weighted by Crippen LogP contribution is 2.30. The van der Waals surface area contributed by atoms with Crippen molar-refractivity contribution in [1.82, 2.24) is 4.90 Å². The first-order valence-corrected chi connectivity index (χ1v) is 9.96. The van der Waals surface area contributed by atoms with Crippen molar-refractivity contribution in [1.29, 1.82) is 0 Å². The van der Waals surface area contributed by atoms with Crippen molar-refractivity contribution in [2.24, 2.45) is 11.8 Å². The van der Waals surface area contributed by atoms with Gasteiger partial charge in [-0.2, -0.15) is 0 Å². The number of aliphatic hydroxyl groups excluding tert-OH is 1. The van der Waals surface area contributed by atoms with Crippen LogP contribution in [0.4, 0.5) is 10.5 Å². The number of nitrogens with one attached hydrogen (secondary N) is 1. The summed E-state index contributed by atoms with van der Waals surface area (Å²) in [4.78, 5) is 14.6. The van der Waals surface area contributed by atoms with Crippen LogP contribution in [0.25, 0.3) is 0 Å². The second-order valence-electron chi connectivity index (χ2n) is 7.62. The largest absolute Gasteiger partial charge is 0.495 e. The molecule has 5 nitrogen and oxygen atoms in total. The van der Waals surface area contributed by atoms with E-state index in [1.165, 1.54) is 5.56 Å². The van der Waals surface area contributed by atoms with Crippen molar-refractivity contribution in [3.05, 3.63) is 59.7 Å². The van der Waals surface area contributed by atoms with Gasteiger partial charge in [-0.15, -0.1) is 0 Å². The van der Waals surface area contributed by atoms with Crippen LogP contribution in [0.1, 0.15) is 24.0 Å². The molecular formula is C23H30N2O3. The van der Waals surface area contributed by atoms with Crippen LogP contribution in [0.5, 0.6) is 5.75 Å². The van der Waals surface area contributed by atoms with Crippen molar-refractivity contribution in [3.8, 4) is 5.75 Å². The van der Waals surface area contributed by atoms with Gasteiger partial charge in [0.1, 0.15) is 5.75 Å². The van der Waals surface area contributed by atoms with E-state index in [0.29, 0.717) is 30.4 Å². The third-order valence-electron chi connectivity index (χ3n) is 5.58. The average molecular weight is 383 g/mol. The Morgan fingerprint density at radius 1 is 1.18 bits per heavy atom. The third kappa shape index (κ3) is 5.04. The van der Waals surface area contributed by atoms with Gasteiger partial charge in [0.15, 0.2) is 0 Å². The van der Waals surface area contributed by atoms with Gasteiger partial charge >= 0.3 is 6.03 Å². The monoisotopic (exact) mass is 382 g/mol. The molecule has 28 heavy (non-hydrogen) atoms. The molecule has 0 aliphatic carbocycles. The molecule has 0 spiro atoms. The lowest BCUT2D eigenvalue weighted by atomic mass is 9.91. The summed E-state index contributed by atoms with van der Waals surface area (Å²) in [5, 5.41) is 12.8. The van der Waals surface area contributed by atoms with Crippen LogP contribution in [0, 0.1) is 18.8 Å². The summed E-state index contributed by atoms with van der Waals surface area (Å²) in [5.74, 6) is 1.12. The van der Waals surface area contributed by atoms with Gasteiger partial charge in [-0.1, -0.05) is 36.4 Å². The maximum absolute atomic E-state index is 12.8. The number of carbonyl (C=O) groups is 1. The number of urea groups is 1. The molecule has 1 fully saturated rings. The van der Waals surface area contributed by atoms with Gasteiger partial charge in [0.2, 0.25) is 0 Å². The molecule has 2 aromatic carbocycles. The quantitative estimate of drug-likeness (QED) is 0.758. The number of ether oxygens (including phenoxy) is 1. The normalized spacial score (nSPS) is 18.9. The van der Waals surface area contributed by atoms with Crippen LogP contribution < -0.4 is 10.1 Å². The minimum Gasteiger partial charge on any atom is -0.495 e. The molecule has 1 saturated heterocycles. The Morgan fingerprint density at radius 2 is 1.93 bits per heavy atom. The minimum atomic E-state index is -0.132. The van der Waals surface area contributed by atoms with Gasteiger partial charge in [-0.05, 0) is 55.4 Å². The van der Waals surface area contributed by atoms with Crippen molar-refractivity contribution in [3.63, 3.8) is 0 Å². The molecule has 2 N–H and O–H groups in total. The van der Waals surface area contributed by atoms with E-state index in [-0.39, 0.29) is 18.6 Å². The van der Waals surface area contributed by atoms with E-state index < -0.39 is 0 Å². The number of likely N-dealkylation sites (tertiary alicyclic amines) is 1. The molecule has 2 atom stereocenters. The van der Waals surface area contributed by atoms with Crippen molar-refractivity contribution in [2.75, 3.05) is 32.1 Å². The standard InChI is InChI=1S/C23H30N2O3/c1-17-11-12-22(28-2)21(13-17)24-23(27)25-14-19(20(15-25)16-26)10-6-9-18-7-4-3-5-8-18/h3-5,7-8,11-13,19-20,26H,6,9-10,14-16H2,1-2H3,(H,24,27)/t19-,20-/m1/s1. The van der Waals surface area contributed by atoms with Gasteiger partial charge in [0.05, 0.1) is 12.8 Å². The summed E-state index contributed by atoms with van der Waals surface area (Å²) in [5.41, 5.74) is 3.08. The third-order valence-corrected chi connectivity index (χ3v) is 5.58. The summed E-state index contributed by atoms with van der Waals surface area (Å²) in [7, 11) is 1.60. The summed E-state index contributed by atoms with van der Waals surface area (Å²) in [6.45, 7) is 3.37. The molecule has 0 saturated carbocycles. The summed E-state index contributed by atoms with van der Waals surface area (Å²) >= 11 is 0. The van der Waals surface area contributed by atoms with Gasteiger partial charge < -0.3 is 20.1 Å². The van der Waals surface area contributed by atoms with E-state index in [4.69, 9.17) is 4.74 Å². The lowest BCUT2D eigenvalue weighted by Gasteiger charge is -2.19. The van der Waals surface area contributed by atoms with Crippen LogP contribution in [-0.2, 0) is 6.42 Å². The molecule has 1 aliphatic rings. The number of rotatable bonds is 7. The Balaban J connectivity index is 1.56. The number of nitrogens with zero attached hydrogens (tertiary/aromatic N) is 1. The zero-order valence-corrected chi connectivity index (χ0v) is 16.7. The maximum Gasteiger partial charge on any atom is 0.321 e. The van der Waals surface area contributed by atoms with Crippen LogP contribution in [-0.4, -0.2) is 42.8 Å². The fraction of sp³-hybridized carbons (Fsp3) is 0.435. The number of carbonyl (C=O) groups excluding carboxylic acids is 1. The second kappa shape index (κ2) is 9.60. The highest BCUT2D eigenvalue weighted by atomic mass is 16.5. The Labute approximate surface area is 167 Å². The van der Waals surface area contributed by atoms with Crippen molar-refractivity contribution < 1.29 is 14.6 Å². The maximum atomic E-state index is 12.8. The Bertz CT molecular complexity index is 779. The topological polar surface area (TPSA) is 61.8 Å². The molecule has 1 heterocycles. The molecule has 3 rings (SSSR count). The smallest absolute Gasteiger partial charge is 0.321 e. The predicted molar refractivity (Wildman–Crippen MR) is 112 cm³/mol. The fourth-order valence-electron chi connectivity index (χ4n) is 3.97. The number of benzene rings is 2. The lowest BCUT2D eigenvalue weighted by molar-refractivity contribution is 0.195. The highest BCUT2D eigenvalue weighted by Gasteiger charge is 2.34. The highest BCUT2D eigenvalue weighted by molar-refractivity contribution is 5.91. The minimum absolute atomic E-state index is 0.119. The van der Waals surface area contributed by atoms with Gasteiger partial charge in [0.25, 0.3) is 0 Å². The van der Waals surface area contributed by atoms with E-state index in [1.807, 2.05) is 36.1 Å². The van der Waals surface area contributed by atoms with E-state index in [9.17, 15) is 9.90 Å². The Morgan fingerprint density at radius 3 is 2.64 bits per heavy atom. The molecule has 2 aromatic rings. The molecule has 0 radical (unpaired) electrons. The van der Waals surface area contributed by atoms with E-state index in [0.717, 1.165) is 24.8 Å². The number of amides is 2. The van der Waals surface area contributed by atoms with E-state index in [1.54, 1.807) is 7.11 Å². The summed E-state index contributed by atoms with van der Waals surface area (Å²) in [6, 6.07) is 16.0. The Hall–Kier alpha value is -2.53. The van der Waals surface area contributed by atoms with Crippen LogP contribution in [0.2, 0.25) is 0 Å². The predicted octanol–water partition coefficient (Wildman–Crippen LogP) is 4.10. The Kier molecular flexibility index (Phi) is 6.93. The number of hydrogen-bond acceptors (Lipinski definition) is 3. The molecule has 2 amide bonds. The first kappa shape index (κ1) is 20.2. The van der Waals surface area contributed by atoms with Gasteiger partial charge in [-0.25, -0.2) is 4.79 Å². The molecule has 5 heteroatoms. The van der Waals surface area contributed by atoms with Crippen LogP contribution in [0.3, 0.4) is 0 Å². The first-order valence-electron chi connectivity index (χ1n) is 9.96. The number of methoxy groups -OCH3 is 1. The zero-order valence-electron chi connectivity index (χ0n) is 16.7. The molecule has 150 valence electrons. The van der Waals surface area contributed by atoms with E-state index in [2.05, 4.69) is 29.6 Å². The molecular weight excluding hydrogens is 352 g/mol. The first-order chi connectivity index (χ1) is 13.6. The van der Waals surface area contributed by atoms with Crippen LogP contribution >= 0.6 is 0 Å². The molecule has 0 aromatic heterocycles. The number of hydrogen-bond donors (Lipinski definition) is 2. The van der Waals surface area contributed by atoms with Crippen LogP contribution in [0.15, 0.2) is 48.5 Å².